The van der Waals surface area contributed by atoms with Crippen molar-refractivity contribution in [3.63, 3.8) is 0 Å². The van der Waals surface area contributed by atoms with Crippen molar-refractivity contribution < 1.29 is 19.4 Å². The first-order chi connectivity index (χ1) is 15.0. The van der Waals surface area contributed by atoms with E-state index < -0.39 is 17.7 Å². The normalized spacial score (nSPS) is 18.0. The molecule has 1 aromatic heterocycles. The van der Waals surface area contributed by atoms with Crippen LogP contribution >= 0.6 is 11.3 Å². The molecular formula is C24H28N2O4S. The minimum atomic E-state index is -0.651. The molecule has 7 heteroatoms. The van der Waals surface area contributed by atoms with Crippen molar-refractivity contribution in [3.8, 4) is 5.75 Å². The highest BCUT2D eigenvalue weighted by Crippen LogP contribution is 2.41. The number of nitrogens with zero attached hydrogens (tertiary/aromatic N) is 2. The van der Waals surface area contributed by atoms with Gasteiger partial charge >= 0.3 is 0 Å². The van der Waals surface area contributed by atoms with E-state index in [1.165, 1.54) is 11.3 Å². The van der Waals surface area contributed by atoms with Gasteiger partial charge in [-0.25, -0.2) is 0 Å². The van der Waals surface area contributed by atoms with Gasteiger partial charge in [0.15, 0.2) is 0 Å². The lowest BCUT2D eigenvalue weighted by Gasteiger charge is -2.27. The first-order valence-electron chi connectivity index (χ1n) is 10.4. The maximum atomic E-state index is 13.0. The van der Waals surface area contributed by atoms with Gasteiger partial charge in [-0.3, -0.25) is 9.59 Å². The van der Waals surface area contributed by atoms with Crippen LogP contribution in [0.15, 0.2) is 60.0 Å². The molecule has 164 valence electrons. The van der Waals surface area contributed by atoms with E-state index in [1.54, 1.807) is 35.2 Å². The third-order valence-corrected chi connectivity index (χ3v) is 6.32. The van der Waals surface area contributed by atoms with Gasteiger partial charge in [0.2, 0.25) is 0 Å². The Morgan fingerprint density at radius 2 is 1.94 bits per heavy atom. The summed E-state index contributed by atoms with van der Waals surface area (Å²) in [5, 5.41) is 13.0. The van der Waals surface area contributed by atoms with Gasteiger partial charge < -0.3 is 19.6 Å². The van der Waals surface area contributed by atoms with E-state index in [4.69, 9.17) is 4.74 Å². The Morgan fingerprint density at radius 1 is 1.23 bits per heavy atom. The number of rotatable bonds is 10. The van der Waals surface area contributed by atoms with Gasteiger partial charge in [0.1, 0.15) is 18.1 Å². The number of amides is 1. The average molecular weight is 441 g/mol. The third kappa shape index (κ3) is 4.89. The Kier molecular flexibility index (Phi) is 7.65. The Morgan fingerprint density at radius 3 is 2.52 bits per heavy atom. The fourth-order valence-electron chi connectivity index (χ4n) is 3.66. The third-order valence-electron chi connectivity index (χ3n) is 5.40. The fourth-order valence-corrected chi connectivity index (χ4v) is 4.51. The highest BCUT2D eigenvalue weighted by Gasteiger charge is 2.46. The van der Waals surface area contributed by atoms with E-state index in [9.17, 15) is 14.7 Å². The van der Waals surface area contributed by atoms with Crippen molar-refractivity contribution in [2.75, 3.05) is 32.8 Å². The van der Waals surface area contributed by atoms with Gasteiger partial charge in [0.05, 0.1) is 11.6 Å². The molecule has 1 N–H and O–H groups in total. The number of likely N-dealkylation sites (tertiary alicyclic amines) is 1. The monoisotopic (exact) mass is 440 g/mol. The summed E-state index contributed by atoms with van der Waals surface area (Å²) in [5.74, 6) is -0.760. The summed E-state index contributed by atoms with van der Waals surface area (Å²) in [6.45, 7) is 10.9. The van der Waals surface area contributed by atoms with Crippen LogP contribution in [-0.4, -0.2) is 59.4 Å². The maximum Gasteiger partial charge on any atom is 0.295 e. The number of carbonyl (C=O) groups excluding carboxylic acids is 2. The molecule has 6 nitrogen and oxygen atoms in total. The predicted molar refractivity (Wildman–Crippen MR) is 123 cm³/mol. The summed E-state index contributed by atoms with van der Waals surface area (Å²) in [6.07, 6.45) is 1.65. The van der Waals surface area contributed by atoms with E-state index in [1.807, 2.05) is 17.5 Å². The molecular weight excluding hydrogens is 412 g/mol. The lowest BCUT2D eigenvalue weighted by Crippen LogP contribution is -2.37. The maximum absolute atomic E-state index is 13.0. The Labute approximate surface area is 187 Å². The van der Waals surface area contributed by atoms with Gasteiger partial charge in [0, 0.05) is 23.5 Å². The Hall–Kier alpha value is -2.90. The minimum Gasteiger partial charge on any atom is -0.507 e. The van der Waals surface area contributed by atoms with E-state index in [0.717, 1.165) is 18.0 Å². The highest BCUT2D eigenvalue weighted by molar-refractivity contribution is 7.10. The highest BCUT2D eigenvalue weighted by atomic mass is 32.1. The lowest BCUT2D eigenvalue weighted by molar-refractivity contribution is -0.140. The molecule has 1 fully saturated rings. The summed E-state index contributed by atoms with van der Waals surface area (Å²) < 4.78 is 5.48. The lowest BCUT2D eigenvalue weighted by atomic mass is 10.00. The second-order valence-electron chi connectivity index (χ2n) is 7.16. The quantitative estimate of drug-likeness (QED) is 0.261. The average Bonchev–Trinajstić information content (AvgIpc) is 3.40. The second kappa shape index (κ2) is 10.4. The van der Waals surface area contributed by atoms with Crippen LogP contribution in [0.1, 0.15) is 30.3 Å². The molecule has 1 aromatic carbocycles. The van der Waals surface area contributed by atoms with E-state index in [-0.39, 0.29) is 11.3 Å². The number of ether oxygens (including phenoxy) is 1. The zero-order valence-electron chi connectivity index (χ0n) is 17.9. The molecule has 1 aliphatic rings. The van der Waals surface area contributed by atoms with E-state index in [2.05, 4.69) is 25.3 Å². The molecule has 1 atom stereocenters. The number of Topliss-reactive ketones (excluding diaryl/α,β-unsaturated/α-hetero) is 1. The molecule has 0 radical (unpaired) electrons. The van der Waals surface area contributed by atoms with Crippen LogP contribution in [0.4, 0.5) is 0 Å². The van der Waals surface area contributed by atoms with Crippen molar-refractivity contribution >= 4 is 28.8 Å². The summed E-state index contributed by atoms with van der Waals surface area (Å²) in [4.78, 5) is 30.5. The molecule has 1 amide bonds. The van der Waals surface area contributed by atoms with Crippen LogP contribution in [0, 0.1) is 0 Å². The minimum absolute atomic E-state index is 0.131. The zero-order valence-corrected chi connectivity index (χ0v) is 18.7. The van der Waals surface area contributed by atoms with Gasteiger partial charge in [0.25, 0.3) is 11.7 Å². The number of likely N-dealkylation sites (N-methyl/N-ethyl adjacent to an activating group) is 1. The topological polar surface area (TPSA) is 70.1 Å². The smallest absolute Gasteiger partial charge is 0.295 e. The number of ketones is 1. The predicted octanol–water partition coefficient (Wildman–Crippen LogP) is 4.08. The summed E-state index contributed by atoms with van der Waals surface area (Å²) in [5.41, 5.74) is 0.598. The van der Waals surface area contributed by atoms with Crippen LogP contribution in [0.3, 0.4) is 0 Å². The van der Waals surface area contributed by atoms with Gasteiger partial charge in [-0.1, -0.05) is 32.6 Å². The first-order valence-corrected chi connectivity index (χ1v) is 11.3. The van der Waals surface area contributed by atoms with Crippen LogP contribution in [0.25, 0.3) is 5.76 Å². The molecule has 0 bridgehead atoms. The molecule has 2 heterocycles. The number of aliphatic hydroxyl groups excluding tert-OH is 1. The molecule has 0 aliphatic carbocycles. The number of thiophene rings is 1. The summed E-state index contributed by atoms with van der Waals surface area (Å²) in [6, 6.07) is 9.99. The van der Waals surface area contributed by atoms with Crippen LogP contribution in [-0.2, 0) is 9.59 Å². The zero-order chi connectivity index (χ0) is 22.4. The van der Waals surface area contributed by atoms with Gasteiger partial charge in [-0.15, -0.1) is 11.3 Å². The van der Waals surface area contributed by atoms with Crippen molar-refractivity contribution in [3.05, 3.63) is 70.4 Å². The van der Waals surface area contributed by atoms with Crippen molar-refractivity contribution in [2.45, 2.75) is 19.9 Å². The van der Waals surface area contributed by atoms with E-state index in [0.29, 0.717) is 31.0 Å². The van der Waals surface area contributed by atoms with Crippen LogP contribution in [0.2, 0.25) is 0 Å². The number of hydrogen-bond donors (Lipinski definition) is 1. The molecule has 1 aliphatic heterocycles. The largest absolute Gasteiger partial charge is 0.507 e. The van der Waals surface area contributed by atoms with Crippen molar-refractivity contribution in [1.29, 1.82) is 0 Å². The molecule has 31 heavy (non-hydrogen) atoms. The summed E-state index contributed by atoms with van der Waals surface area (Å²) in [7, 11) is 0. The van der Waals surface area contributed by atoms with Crippen LogP contribution < -0.4 is 4.74 Å². The Bertz CT molecular complexity index is 946. The first kappa shape index (κ1) is 22.8. The van der Waals surface area contributed by atoms with Crippen molar-refractivity contribution in [1.82, 2.24) is 9.80 Å². The summed E-state index contributed by atoms with van der Waals surface area (Å²) >= 11 is 1.47. The number of aliphatic hydroxyl groups is 1. The molecule has 3 rings (SSSR count). The van der Waals surface area contributed by atoms with Gasteiger partial charge in [-0.05, 0) is 48.8 Å². The molecule has 1 saturated heterocycles. The molecule has 0 spiro atoms. The number of carbonyl (C=O) groups is 2. The Balaban J connectivity index is 1.97. The SMILES string of the molecule is C=CCOc1ccc(C(O)=C2C(=O)C(=O)N(CCN(CC)CC)[C@H]2c2cccs2)cc1. The number of benzene rings is 1. The van der Waals surface area contributed by atoms with Gasteiger partial charge in [-0.2, -0.15) is 0 Å². The molecule has 0 saturated carbocycles. The molecule has 2 aromatic rings. The standard InChI is InChI=1S/C24H28N2O4S/c1-4-15-30-18-11-9-17(10-12-18)22(27)20-21(19-8-7-16-31-19)26(24(29)23(20)28)14-13-25(5-2)6-3/h4,7-12,16,21,27H,1,5-6,13-15H2,2-3H3/t21-/m0/s1. The molecule has 0 unspecified atom stereocenters. The van der Waals surface area contributed by atoms with E-state index >= 15 is 0 Å². The second-order valence-corrected chi connectivity index (χ2v) is 8.14. The fraction of sp³-hybridized carbons (Fsp3) is 0.333. The van der Waals surface area contributed by atoms with Crippen LogP contribution in [0.5, 0.6) is 5.75 Å². The number of hydrogen-bond acceptors (Lipinski definition) is 6. The van der Waals surface area contributed by atoms with Crippen molar-refractivity contribution in [2.24, 2.45) is 0 Å².